The summed E-state index contributed by atoms with van der Waals surface area (Å²) in [6.45, 7) is 3.38. The third-order valence-corrected chi connectivity index (χ3v) is 3.46. The number of hydrogen-bond acceptors (Lipinski definition) is 5. The number of benzene rings is 1. The standard InChI is InChI=1S/C15H23NO5/c1-9(8-15(2,16)14(17)18)13-11(20-4)6-10(19-3)7-12(13)21-5/h6-7,9H,8,16H2,1-5H3,(H,17,18). The number of carbonyl (C=O) groups is 1. The molecule has 0 spiro atoms. The lowest BCUT2D eigenvalue weighted by Gasteiger charge is -2.26. The van der Waals surface area contributed by atoms with Crippen molar-refractivity contribution in [1.29, 1.82) is 0 Å². The van der Waals surface area contributed by atoms with Crippen LogP contribution >= 0.6 is 0 Å². The summed E-state index contributed by atoms with van der Waals surface area (Å²) in [5, 5.41) is 9.16. The van der Waals surface area contributed by atoms with E-state index in [1.807, 2.05) is 6.92 Å². The molecule has 0 radical (unpaired) electrons. The number of carboxylic acid groups (broad SMARTS) is 1. The summed E-state index contributed by atoms with van der Waals surface area (Å²) >= 11 is 0. The van der Waals surface area contributed by atoms with Crippen molar-refractivity contribution in [2.24, 2.45) is 5.73 Å². The Bertz CT molecular complexity index is 488. The van der Waals surface area contributed by atoms with Crippen molar-refractivity contribution in [1.82, 2.24) is 0 Å². The molecule has 6 heteroatoms. The second-order valence-corrected chi connectivity index (χ2v) is 5.27. The Morgan fingerprint density at radius 1 is 1.24 bits per heavy atom. The minimum atomic E-state index is -1.32. The average molecular weight is 297 g/mol. The maximum Gasteiger partial charge on any atom is 0.323 e. The lowest BCUT2D eigenvalue weighted by atomic mass is 9.85. The first kappa shape index (κ1) is 17.1. The molecule has 0 aliphatic carbocycles. The number of rotatable bonds is 7. The van der Waals surface area contributed by atoms with Gasteiger partial charge in [0.1, 0.15) is 22.8 Å². The molecule has 0 heterocycles. The Morgan fingerprint density at radius 2 is 1.71 bits per heavy atom. The van der Waals surface area contributed by atoms with Crippen LogP contribution in [0.4, 0.5) is 0 Å². The average Bonchev–Trinajstić information content (AvgIpc) is 2.44. The summed E-state index contributed by atoms with van der Waals surface area (Å²) in [4.78, 5) is 11.2. The zero-order valence-electron chi connectivity index (χ0n) is 13.1. The molecule has 0 fully saturated rings. The Balaban J connectivity index is 3.24. The second kappa shape index (κ2) is 6.67. The van der Waals surface area contributed by atoms with E-state index in [4.69, 9.17) is 25.1 Å². The molecule has 6 nitrogen and oxygen atoms in total. The molecule has 0 aromatic heterocycles. The first-order valence-electron chi connectivity index (χ1n) is 6.59. The van der Waals surface area contributed by atoms with Gasteiger partial charge in [0.05, 0.1) is 21.3 Å². The fourth-order valence-electron chi connectivity index (χ4n) is 2.34. The molecule has 0 amide bonds. The molecular formula is C15H23NO5. The van der Waals surface area contributed by atoms with Crippen molar-refractivity contribution in [2.45, 2.75) is 31.7 Å². The lowest BCUT2D eigenvalue weighted by molar-refractivity contribution is -0.143. The molecule has 21 heavy (non-hydrogen) atoms. The van der Waals surface area contributed by atoms with Gasteiger partial charge in [-0.3, -0.25) is 4.79 Å². The topological polar surface area (TPSA) is 91.0 Å². The summed E-state index contributed by atoms with van der Waals surface area (Å²) in [6.07, 6.45) is 0.251. The van der Waals surface area contributed by atoms with Crippen molar-refractivity contribution in [2.75, 3.05) is 21.3 Å². The van der Waals surface area contributed by atoms with Crippen LogP contribution in [0.1, 0.15) is 31.7 Å². The third-order valence-electron chi connectivity index (χ3n) is 3.46. The molecule has 3 N–H and O–H groups in total. The summed E-state index contributed by atoms with van der Waals surface area (Å²) < 4.78 is 16.0. The van der Waals surface area contributed by atoms with E-state index >= 15 is 0 Å². The highest BCUT2D eigenvalue weighted by atomic mass is 16.5. The smallest absolute Gasteiger partial charge is 0.323 e. The number of carboxylic acids is 1. The largest absolute Gasteiger partial charge is 0.496 e. The van der Waals surface area contributed by atoms with Crippen LogP contribution in [0.15, 0.2) is 12.1 Å². The van der Waals surface area contributed by atoms with E-state index in [0.717, 1.165) is 5.56 Å². The number of methoxy groups -OCH3 is 3. The summed E-state index contributed by atoms with van der Waals surface area (Å²) in [5.74, 6) is 0.570. The van der Waals surface area contributed by atoms with Crippen LogP contribution < -0.4 is 19.9 Å². The number of ether oxygens (including phenoxy) is 3. The summed E-state index contributed by atoms with van der Waals surface area (Å²) in [7, 11) is 4.64. The molecule has 1 rings (SSSR count). The highest BCUT2D eigenvalue weighted by Gasteiger charge is 2.32. The van der Waals surface area contributed by atoms with Gasteiger partial charge >= 0.3 is 5.97 Å². The van der Waals surface area contributed by atoms with E-state index in [0.29, 0.717) is 17.2 Å². The lowest BCUT2D eigenvalue weighted by Crippen LogP contribution is -2.45. The van der Waals surface area contributed by atoms with Crippen molar-refractivity contribution in [3.05, 3.63) is 17.7 Å². The highest BCUT2D eigenvalue weighted by molar-refractivity contribution is 5.78. The number of nitrogens with two attached hydrogens (primary N) is 1. The molecule has 0 bridgehead atoms. The van der Waals surface area contributed by atoms with Crippen molar-refractivity contribution in [3.63, 3.8) is 0 Å². The van der Waals surface area contributed by atoms with Gasteiger partial charge in [-0.05, 0) is 19.3 Å². The van der Waals surface area contributed by atoms with Gasteiger partial charge in [-0.1, -0.05) is 6.92 Å². The van der Waals surface area contributed by atoms with Gasteiger partial charge in [0.15, 0.2) is 0 Å². The first-order chi connectivity index (χ1) is 9.76. The van der Waals surface area contributed by atoms with Crippen molar-refractivity contribution in [3.8, 4) is 17.2 Å². The summed E-state index contributed by atoms with van der Waals surface area (Å²) in [5.41, 5.74) is 5.28. The van der Waals surface area contributed by atoms with E-state index in [2.05, 4.69) is 0 Å². The Labute approximate surface area is 124 Å². The minimum Gasteiger partial charge on any atom is -0.496 e. The molecular weight excluding hydrogens is 274 g/mol. The van der Waals surface area contributed by atoms with E-state index in [9.17, 15) is 4.79 Å². The van der Waals surface area contributed by atoms with E-state index in [-0.39, 0.29) is 12.3 Å². The van der Waals surface area contributed by atoms with Crippen molar-refractivity contribution < 1.29 is 24.1 Å². The maximum atomic E-state index is 11.2. The molecule has 118 valence electrons. The van der Waals surface area contributed by atoms with E-state index in [1.165, 1.54) is 6.92 Å². The fraction of sp³-hybridized carbons (Fsp3) is 0.533. The van der Waals surface area contributed by atoms with Gasteiger partial charge in [0.25, 0.3) is 0 Å². The van der Waals surface area contributed by atoms with Gasteiger partial charge < -0.3 is 25.1 Å². The minimum absolute atomic E-state index is 0.160. The van der Waals surface area contributed by atoms with Gasteiger partial charge in [-0.25, -0.2) is 0 Å². The fourth-order valence-corrected chi connectivity index (χ4v) is 2.34. The second-order valence-electron chi connectivity index (χ2n) is 5.27. The molecule has 0 saturated heterocycles. The molecule has 0 aliphatic rings. The van der Waals surface area contributed by atoms with Crippen LogP contribution in [-0.2, 0) is 4.79 Å². The first-order valence-corrected chi connectivity index (χ1v) is 6.59. The Morgan fingerprint density at radius 3 is 2.05 bits per heavy atom. The SMILES string of the molecule is COc1cc(OC)c(C(C)CC(C)(N)C(=O)O)c(OC)c1. The van der Waals surface area contributed by atoms with Gasteiger partial charge in [0, 0.05) is 17.7 Å². The maximum absolute atomic E-state index is 11.2. The van der Waals surface area contributed by atoms with E-state index < -0.39 is 11.5 Å². The predicted octanol–water partition coefficient (Wildman–Crippen LogP) is 2.01. The third kappa shape index (κ3) is 3.78. The Kier molecular flexibility index (Phi) is 5.43. The normalized spacial score (nSPS) is 15.0. The zero-order chi connectivity index (χ0) is 16.2. The van der Waals surface area contributed by atoms with Crippen molar-refractivity contribution >= 4 is 5.97 Å². The van der Waals surface area contributed by atoms with Gasteiger partial charge in [-0.15, -0.1) is 0 Å². The highest BCUT2D eigenvalue weighted by Crippen LogP contribution is 2.41. The van der Waals surface area contributed by atoms with Crippen LogP contribution in [0.5, 0.6) is 17.2 Å². The Hall–Kier alpha value is -1.95. The molecule has 1 aromatic rings. The quantitative estimate of drug-likeness (QED) is 0.800. The van der Waals surface area contributed by atoms with Gasteiger partial charge in [0.2, 0.25) is 0 Å². The molecule has 1 aromatic carbocycles. The van der Waals surface area contributed by atoms with Crippen LogP contribution in [0.25, 0.3) is 0 Å². The zero-order valence-corrected chi connectivity index (χ0v) is 13.1. The van der Waals surface area contributed by atoms with Crippen LogP contribution in [0.2, 0.25) is 0 Å². The molecule has 2 atom stereocenters. The van der Waals surface area contributed by atoms with Crippen LogP contribution in [0, 0.1) is 0 Å². The van der Waals surface area contributed by atoms with Crippen LogP contribution in [0.3, 0.4) is 0 Å². The summed E-state index contributed by atoms with van der Waals surface area (Å²) in [6, 6.07) is 3.48. The molecule has 0 aliphatic heterocycles. The predicted molar refractivity (Wildman–Crippen MR) is 79.4 cm³/mol. The number of hydrogen-bond donors (Lipinski definition) is 2. The van der Waals surface area contributed by atoms with E-state index in [1.54, 1.807) is 33.5 Å². The number of aliphatic carboxylic acids is 1. The molecule has 2 unspecified atom stereocenters. The van der Waals surface area contributed by atoms with Crippen LogP contribution in [-0.4, -0.2) is 37.9 Å². The molecule has 0 saturated carbocycles. The monoisotopic (exact) mass is 297 g/mol. The van der Waals surface area contributed by atoms with Gasteiger partial charge in [-0.2, -0.15) is 0 Å².